The Balaban J connectivity index is 1.98. The number of rotatable bonds is 5. The van der Waals surface area contributed by atoms with Crippen molar-refractivity contribution in [3.05, 3.63) is 34.6 Å². The van der Waals surface area contributed by atoms with E-state index in [1.807, 2.05) is 0 Å². The van der Waals surface area contributed by atoms with Crippen molar-refractivity contribution in [2.24, 2.45) is 0 Å². The van der Waals surface area contributed by atoms with Gasteiger partial charge in [0, 0.05) is 31.7 Å². The summed E-state index contributed by atoms with van der Waals surface area (Å²) in [5, 5.41) is 3.63. The number of hydrogen-bond acceptors (Lipinski definition) is 3. The van der Waals surface area contributed by atoms with Gasteiger partial charge in [0.25, 0.3) is 0 Å². The van der Waals surface area contributed by atoms with Crippen LogP contribution in [0.2, 0.25) is 5.02 Å². The third kappa shape index (κ3) is 4.42. The SMILES string of the molecule is CC(C)NCC1COCCN1Cc1ccc(F)c(Cl)c1. The molecular weight excluding hydrogens is 279 g/mol. The predicted octanol–water partition coefficient (Wildman–Crippen LogP) is 2.68. The van der Waals surface area contributed by atoms with E-state index in [2.05, 4.69) is 24.1 Å². The molecule has 1 aliphatic heterocycles. The van der Waals surface area contributed by atoms with Crippen LogP contribution in [0.3, 0.4) is 0 Å². The first-order chi connectivity index (χ1) is 9.56. The lowest BCUT2D eigenvalue weighted by atomic mass is 10.1. The second kappa shape index (κ2) is 7.36. The first kappa shape index (κ1) is 15.7. The maximum Gasteiger partial charge on any atom is 0.141 e. The lowest BCUT2D eigenvalue weighted by molar-refractivity contribution is -0.0114. The molecule has 0 bridgehead atoms. The number of nitrogens with one attached hydrogen (secondary N) is 1. The third-order valence-electron chi connectivity index (χ3n) is 3.48. The van der Waals surface area contributed by atoms with Crippen LogP contribution in [-0.4, -0.2) is 43.3 Å². The topological polar surface area (TPSA) is 24.5 Å². The molecule has 112 valence electrons. The minimum atomic E-state index is -0.365. The molecule has 3 nitrogen and oxygen atoms in total. The summed E-state index contributed by atoms with van der Waals surface area (Å²) in [5.74, 6) is -0.365. The van der Waals surface area contributed by atoms with E-state index in [1.54, 1.807) is 12.1 Å². The number of halogens is 2. The molecule has 5 heteroatoms. The molecule has 0 spiro atoms. The first-order valence-corrected chi connectivity index (χ1v) is 7.43. The molecule has 20 heavy (non-hydrogen) atoms. The van der Waals surface area contributed by atoms with Gasteiger partial charge < -0.3 is 10.1 Å². The largest absolute Gasteiger partial charge is 0.378 e. The molecule has 0 aliphatic carbocycles. The number of hydrogen-bond donors (Lipinski definition) is 1. The van der Waals surface area contributed by atoms with Gasteiger partial charge in [0.2, 0.25) is 0 Å². The lowest BCUT2D eigenvalue weighted by Gasteiger charge is -2.36. The van der Waals surface area contributed by atoms with Gasteiger partial charge in [0.05, 0.1) is 18.2 Å². The highest BCUT2D eigenvalue weighted by molar-refractivity contribution is 6.30. The van der Waals surface area contributed by atoms with Crippen molar-refractivity contribution >= 4 is 11.6 Å². The minimum absolute atomic E-state index is 0.188. The summed E-state index contributed by atoms with van der Waals surface area (Å²) in [5.41, 5.74) is 1.04. The van der Waals surface area contributed by atoms with Crippen molar-refractivity contribution in [3.63, 3.8) is 0 Å². The summed E-state index contributed by atoms with van der Waals surface area (Å²) >= 11 is 5.84. The Morgan fingerprint density at radius 2 is 2.30 bits per heavy atom. The monoisotopic (exact) mass is 300 g/mol. The molecule has 1 saturated heterocycles. The van der Waals surface area contributed by atoms with E-state index in [0.29, 0.717) is 12.1 Å². The van der Waals surface area contributed by atoms with Gasteiger partial charge in [-0.25, -0.2) is 4.39 Å². The summed E-state index contributed by atoms with van der Waals surface area (Å²) in [6, 6.07) is 5.73. The summed E-state index contributed by atoms with van der Waals surface area (Å²) in [7, 11) is 0. The third-order valence-corrected chi connectivity index (χ3v) is 3.77. The van der Waals surface area contributed by atoms with Gasteiger partial charge >= 0.3 is 0 Å². The van der Waals surface area contributed by atoms with Crippen LogP contribution in [0.25, 0.3) is 0 Å². The van der Waals surface area contributed by atoms with Gasteiger partial charge in [-0.1, -0.05) is 31.5 Å². The van der Waals surface area contributed by atoms with E-state index in [-0.39, 0.29) is 10.8 Å². The van der Waals surface area contributed by atoms with Crippen molar-refractivity contribution in [3.8, 4) is 0 Å². The highest BCUT2D eigenvalue weighted by Crippen LogP contribution is 2.19. The van der Waals surface area contributed by atoms with Gasteiger partial charge in [-0.3, -0.25) is 4.90 Å². The Hall–Kier alpha value is -0.680. The van der Waals surface area contributed by atoms with E-state index in [0.717, 1.165) is 38.4 Å². The van der Waals surface area contributed by atoms with E-state index >= 15 is 0 Å². The average Bonchev–Trinajstić information content (AvgIpc) is 2.42. The molecule has 1 atom stereocenters. The van der Waals surface area contributed by atoms with Crippen LogP contribution in [0, 0.1) is 5.82 Å². The number of morpholine rings is 1. The van der Waals surface area contributed by atoms with Crippen molar-refractivity contribution in [1.82, 2.24) is 10.2 Å². The molecule has 2 rings (SSSR count). The molecule has 1 fully saturated rings. The highest BCUT2D eigenvalue weighted by Gasteiger charge is 2.23. The van der Waals surface area contributed by atoms with Gasteiger partial charge in [-0.2, -0.15) is 0 Å². The zero-order valence-corrected chi connectivity index (χ0v) is 12.8. The molecule has 0 amide bonds. The van der Waals surface area contributed by atoms with E-state index in [9.17, 15) is 4.39 Å². The molecular formula is C15H22ClFN2O. The molecule has 0 aromatic heterocycles. The summed E-state index contributed by atoms with van der Waals surface area (Å²) in [6.07, 6.45) is 0. The van der Waals surface area contributed by atoms with Gasteiger partial charge in [0.1, 0.15) is 5.82 Å². The normalized spacial score (nSPS) is 20.6. The molecule has 1 aliphatic rings. The maximum atomic E-state index is 13.2. The van der Waals surface area contributed by atoms with Crippen LogP contribution in [0.5, 0.6) is 0 Å². The molecule has 1 N–H and O–H groups in total. The fourth-order valence-electron chi connectivity index (χ4n) is 2.33. The number of nitrogens with zero attached hydrogens (tertiary/aromatic N) is 1. The van der Waals surface area contributed by atoms with Crippen molar-refractivity contribution in [1.29, 1.82) is 0 Å². The molecule has 0 radical (unpaired) electrons. The zero-order chi connectivity index (χ0) is 14.5. The number of ether oxygens (including phenoxy) is 1. The molecule has 1 aromatic rings. The second-order valence-electron chi connectivity index (χ2n) is 5.51. The molecule has 1 heterocycles. The van der Waals surface area contributed by atoms with E-state index in [4.69, 9.17) is 16.3 Å². The van der Waals surface area contributed by atoms with Gasteiger partial charge in [-0.05, 0) is 17.7 Å². The zero-order valence-electron chi connectivity index (χ0n) is 12.0. The quantitative estimate of drug-likeness (QED) is 0.905. The van der Waals surface area contributed by atoms with Crippen molar-refractivity contribution < 1.29 is 9.13 Å². The average molecular weight is 301 g/mol. The van der Waals surface area contributed by atoms with Crippen LogP contribution in [0.15, 0.2) is 18.2 Å². The van der Waals surface area contributed by atoms with Crippen LogP contribution in [-0.2, 0) is 11.3 Å². The molecule has 1 unspecified atom stereocenters. The van der Waals surface area contributed by atoms with Gasteiger partial charge in [0.15, 0.2) is 0 Å². The fraction of sp³-hybridized carbons (Fsp3) is 0.600. The van der Waals surface area contributed by atoms with Gasteiger partial charge in [-0.15, -0.1) is 0 Å². The van der Waals surface area contributed by atoms with Crippen molar-refractivity contribution in [2.45, 2.75) is 32.5 Å². The second-order valence-corrected chi connectivity index (χ2v) is 5.92. The van der Waals surface area contributed by atoms with E-state index < -0.39 is 0 Å². The van der Waals surface area contributed by atoms with E-state index in [1.165, 1.54) is 6.07 Å². The Labute approximate surface area is 125 Å². The van der Waals surface area contributed by atoms with Crippen molar-refractivity contribution in [2.75, 3.05) is 26.3 Å². The van der Waals surface area contributed by atoms with Crippen LogP contribution in [0.4, 0.5) is 4.39 Å². The summed E-state index contributed by atoms with van der Waals surface area (Å²) in [6.45, 7) is 8.29. The highest BCUT2D eigenvalue weighted by atomic mass is 35.5. The Morgan fingerprint density at radius 1 is 1.50 bits per heavy atom. The number of benzene rings is 1. The van der Waals surface area contributed by atoms with Crippen LogP contribution in [0.1, 0.15) is 19.4 Å². The predicted molar refractivity (Wildman–Crippen MR) is 79.6 cm³/mol. The Bertz CT molecular complexity index is 442. The smallest absolute Gasteiger partial charge is 0.141 e. The summed E-state index contributed by atoms with van der Waals surface area (Å²) < 4.78 is 18.7. The van der Waals surface area contributed by atoms with Crippen LogP contribution < -0.4 is 5.32 Å². The maximum absolute atomic E-state index is 13.2. The first-order valence-electron chi connectivity index (χ1n) is 7.05. The molecule has 0 saturated carbocycles. The molecule has 1 aromatic carbocycles. The fourth-order valence-corrected chi connectivity index (χ4v) is 2.53. The lowest BCUT2D eigenvalue weighted by Crippen LogP contribution is -2.50. The Morgan fingerprint density at radius 3 is 3.00 bits per heavy atom. The standard InChI is InChI=1S/C15H22ClFN2O/c1-11(2)18-8-13-10-20-6-5-19(13)9-12-3-4-15(17)14(16)7-12/h3-4,7,11,13,18H,5-6,8-10H2,1-2H3. The Kier molecular flexibility index (Phi) is 5.78. The summed E-state index contributed by atoms with van der Waals surface area (Å²) in [4.78, 5) is 2.36. The minimum Gasteiger partial charge on any atom is -0.378 e. The van der Waals surface area contributed by atoms with Crippen LogP contribution >= 0.6 is 11.6 Å².